The SMILES string of the molecule is O=C(O)CN(C[C@@]1(O)OC[C@@H](O)[C@@H](O)[C@@H]1O)C[C@@]1(O)OC[C@@H](O)[C@@H](O)[C@@H]1O. The van der Waals surface area contributed by atoms with Crippen LogP contribution < -0.4 is 0 Å². The van der Waals surface area contributed by atoms with Gasteiger partial charge in [-0.2, -0.15) is 0 Å². The molecule has 0 aromatic carbocycles. The van der Waals surface area contributed by atoms with Gasteiger partial charge in [0.2, 0.25) is 11.6 Å². The van der Waals surface area contributed by atoms with Gasteiger partial charge in [0.05, 0.1) is 32.8 Å². The third-order valence-electron chi connectivity index (χ3n) is 4.63. The van der Waals surface area contributed by atoms with E-state index in [0.29, 0.717) is 0 Å². The highest BCUT2D eigenvalue weighted by Gasteiger charge is 2.53. The maximum absolute atomic E-state index is 11.1. The molecule has 0 bridgehead atoms. The number of carbonyl (C=O) groups is 1. The molecule has 9 N–H and O–H groups in total. The van der Waals surface area contributed by atoms with Gasteiger partial charge in [0.1, 0.15) is 36.6 Å². The van der Waals surface area contributed by atoms with E-state index in [1.807, 2.05) is 0 Å². The molecule has 2 heterocycles. The zero-order valence-electron chi connectivity index (χ0n) is 14.2. The number of ether oxygens (including phenoxy) is 2. The van der Waals surface area contributed by atoms with Gasteiger partial charge >= 0.3 is 5.97 Å². The predicted molar refractivity (Wildman–Crippen MR) is 81.9 cm³/mol. The van der Waals surface area contributed by atoms with Crippen molar-refractivity contribution in [3.05, 3.63) is 0 Å². The molecular weight excluding hydrogens is 374 g/mol. The molecule has 0 spiro atoms. The summed E-state index contributed by atoms with van der Waals surface area (Å²) in [5.74, 6) is -6.40. The molecule has 0 unspecified atom stereocenters. The van der Waals surface area contributed by atoms with Crippen LogP contribution in [0.1, 0.15) is 0 Å². The summed E-state index contributed by atoms with van der Waals surface area (Å²) in [6.07, 6.45) is -10.5. The number of carboxylic acids is 1. The van der Waals surface area contributed by atoms with Crippen molar-refractivity contribution in [2.75, 3.05) is 32.8 Å². The lowest BCUT2D eigenvalue weighted by Crippen LogP contribution is -2.68. The molecule has 0 aromatic heterocycles. The van der Waals surface area contributed by atoms with E-state index >= 15 is 0 Å². The topological polar surface area (TPSA) is 221 Å². The molecule has 2 aliphatic heterocycles. The van der Waals surface area contributed by atoms with Crippen LogP contribution in [0.4, 0.5) is 0 Å². The lowest BCUT2D eigenvalue weighted by molar-refractivity contribution is -0.341. The van der Waals surface area contributed by atoms with E-state index in [9.17, 15) is 45.6 Å². The second-order valence-electron chi connectivity index (χ2n) is 6.86. The van der Waals surface area contributed by atoms with Crippen molar-refractivity contribution in [2.24, 2.45) is 0 Å². The maximum atomic E-state index is 11.1. The van der Waals surface area contributed by atoms with Gasteiger partial charge in [0.25, 0.3) is 0 Å². The largest absolute Gasteiger partial charge is 0.480 e. The van der Waals surface area contributed by atoms with E-state index in [1.165, 1.54) is 0 Å². The van der Waals surface area contributed by atoms with E-state index in [2.05, 4.69) is 0 Å². The standard InChI is InChI=1S/C14H25NO12/c16-6-2-26-13(24,11(22)9(6)20)4-15(1-8(18)19)5-14(25)12(23)10(21)7(17)3-27-14/h6-7,9-12,16-17,20-25H,1-5H2,(H,18,19)/t6-,7-,9-,10-,11+,12+,13-,14-/m1/s1. The fourth-order valence-corrected chi connectivity index (χ4v) is 3.06. The maximum Gasteiger partial charge on any atom is 0.317 e. The predicted octanol–water partition coefficient (Wildman–Crippen LogP) is -6.02. The molecule has 0 radical (unpaired) electrons. The lowest BCUT2D eigenvalue weighted by Gasteiger charge is -2.46. The number of hydrogen-bond donors (Lipinski definition) is 9. The molecule has 0 amide bonds. The second-order valence-corrected chi connectivity index (χ2v) is 6.86. The fraction of sp³-hybridized carbons (Fsp3) is 0.929. The summed E-state index contributed by atoms with van der Waals surface area (Å²) in [7, 11) is 0. The first-order valence-electron chi connectivity index (χ1n) is 8.15. The van der Waals surface area contributed by atoms with Crippen LogP contribution in [-0.2, 0) is 14.3 Å². The molecule has 2 rings (SSSR count). The van der Waals surface area contributed by atoms with Gasteiger partial charge in [0.15, 0.2) is 0 Å². The van der Waals surface area contributed by atoms with E-state index in [1.54, 1.807) is 0 Å². The minimum Gasteiger partial charge on any atom is -0.480 e. The molecule has 13 heteroatoms. The molecule has 27 heavy (non-hydrogen) atoms. The summed E-state index contributed by atoms with van der Waals surface area (Å²) >= 11 is 0. The van der Waals surface area contributed by atoms with Crippen LogP contribution in [0.5, 0.6) is 0 Å². The molecule has 158 valence electrons. The average Bonchev–Trinajstić information content (AvgIpc) is 2.58. The van der Waals surface area contributed by atoms with Crippen LogP contribution in [0, 0.1) is 0 Å². The van der Waals surface area contributed by atoms with Crippen molar-refractivity contribution in [1.29, 1.82) is 0 Å². The van der Waals surface area contributed by atoms with Gasteiger partial charge in [-0.1, -0.05) is 0 Å². The van der Waals surface area contributed by atoms with Crippen LogP contribution in [0.2, 0.25) is 0 Å². The van der Waals surface area contributed by atoms with Gasteiger partial charge in [0, 0.05) is 0 Å². The van der Waals surface area contributed by atoms with Gasteiger partial charge < -0.3 is 55.4 Å². The van der Waals surface area contributed by atoms with Crippen molar-refractivity contribution in [2.45, 2.75) is 48.2 Å². The highest BCUT2D eigenvalue weighted by atomic mass is 16.7. The molecule has 2 fully saturated rings. The first-order valence-corrected chi connectivity index (χ1v) is 8.15. The van der Waals surface area contributed by atoms with Crippen LogP contribution in [0.15, 0.2) is 0 Å². The van der Waals surface area contributed by atoms with Crippen molar-refractivity contribution in [3.8, 4) is 0 Å². The molecule has 2 saturated heterocycles. The van der Waals surface area contributed by atoms with Crippen LogP contribution in [-0.4, -0.2) is 138 Å². The Bertz CT molecular complexity index is 498. The molecule has 8 atom stereocenters. The zero-order chi connectivity index (χ0) is 20.6. The number of carboxylic acid groups (broad SMARTS) is 1. The van der Waals surface area contributed by atoms with Crippen molar-refractivity contribution >= 4 is 5.97 Å². The first-order chi connectivity index (χ1) is 12.4. The Kier molecular flexibility index (Phi) is 6.76. The smallest absolute Gasteiger partial charge is 0.317 e. The Morgan fingerprint density at radius 3 is 1.56 bits per heavy atom. The van der Waals surface area contributed by atoms with E-state index in [4.69, 9.17) is 14.6 Å². The van der Waals surface area contributed by atoms with Gasteiger partial charge in [-0.25, -0.2) is 0 Å². The number of rotatable bonds is 6. The highest BCUT2D eigenvalue weighted by molar-refractivity contribution is 5.69. The molecule has 2 aliphatic rings. The molecule has 0 aromatic rings. The number of nitrogens with zero attached hydrogens (tertiary/aromatic N) is 1. The first kappa shape index (κ1) is 22.3. The van der Waals surface area contributed by atoms with E-state index in [-0.39, 0.29) is 0 Å². The monoisotopic (exact) mass is 399 g/mol. The normalized spacial score (nSPS) is 45.8. The van der Waals surface area contributed by atoms with E-state index < -0.39 is 87.0 Å². The summed E-state index contributed by atoms with van der Waals surface area (Å²) in [5, 5.41) is 88.2. The van der Waals surface area contributed by atoms with Crippen molar-refractivity contribution in [3.63, 3.8) is 0 Å². The van der Waals surface area contributed by atoms with Crippen molar-refractivity contribution in [1.82, 2.24) is 4.90 Å². The Hall–Kier alpha value is -0.970. The Morgan fingerprint density at radius 2 is 1.22 bits per heavy atom. The number of aliphatic hydroxyl groups excluding tert-OH is 6. The van der Waals surface area contributed by atoms with E-state index in [0.717, 1.165) is 4.90 Å². The molecule has 0 saturated carbocycles. The lowest BCUT2D eigenvalue weighted by atomic mass is 9.94. The minimum atomic E-state index is -2.50. The Balaban J connectivity index is 2.17. The number of aliphatic carboxylic acids is 1. The quantitative estimate of drug-likeness (QED) is 0.203. The van der Waals surface area contributed by atoms with Gasteiger partial charge in [-0.05, 0) is 0 Å². The summed E-state index contributed by atoms with van der Waals surface area (Å²) in [6.45, 7) is -3.44. The second kappa shape index (κ2) is 8.18. The third-order valence-corrected chi connectivity index (χ3v) is 4.63. The molecular formula is C14H25NO12. The van der Waals surface area contributed by atoms with Crippen molar-refractivity contribution < 1.29 is 60.2 Å². The van der Waals surface area contributed by atoms with Crippen LogP contribution >= 0.6 is 0 Å². The Morgan fingerprint density at radius 1 is 0.852 bits per heavy atom. The molecule has 0 aliphatic carbocycles. The highest BCUT2D eigenvalue weighted by Crippen LogP contribution is 2.28. The minimum absolute atomic E-state index is 0.552. The number of hydrogen-bond acceptors (Lipinski definition) is 12. The summed E-state index contributed by atoms with van der Waals surface area (Å²) in [5.41, 5.74) is 0. The van der Waals surface area contributed by atoms with Gasteiger partial charge in [-0.3, -0.25) is 9.69 Å². The number of aliphatic hydroxyl groups is 8. The summed E-state index contributed by atoms with van der Waals surface area (Å²) in [4.78, 5) is 11.9. The van der Waals surface area contributed by atoms with Gasteiger partial charge in [-0.15, -0.1) is 0 Å². The Labute approximate surface area is 153 Å². The molecule has 13 nitrogen and oxygen atoms in total. The summed E-state index contributed by atoms with van der Waals surface area (Å²) in [6, 6.07) is 0. The van der Waals surface area contributed by atoms with Crippen LogP contribution in [0.25, 0.3) is 0 Å². The summed E-state index contributed by atoms with van der Waals surface area (Å²) < 4.78 is 9.89. The zero-order valence-corrected chi connectivity index (χ0v) is 14.2. The van der Waals surface area contributed by atoms with Crippen LogP contribution in [0.3, 0.4) is 0 Å². The fourth-order valence-electron chi connectivity index (χ4n) is 3.06. The third kappa shape index (κ3) is 4.72. The average molecular weight is 399 g/mol.